The van der Waals surface area contributed by atoms with Crippen molar-refractivity contribution in [1.29, 1.82) is 0 Å². The molecule has 26 heavy (non-hydrogen) atoms. The standard InChI is InChI=1S/C25H22Si/c1-26(2)23-16-21-20-14-8-7-13-19(20)15-22(21)24(17-9-3-4-10-17)25(23)18-11-5-6-12-18/h3-9,11,13-16H,10,12H2,1-2H3. The van der Waals surface area contributed by atoms with Crippen molar-refractivity contribution >= 4 is 25.6 Å². The molecule has 2 aromatic carbocycles. The van der Waals surface area contributed by atoms with Gasteiger partial charge < -0.3 is 0 Å². The van der Waals surface area contributed by atoms with Crippen LogP contribution >= 0.6 is 0 Å². The van der Waals surface area contributed by atoms with Gasteiger partial charge in [-0.05, 0) is 67.9 Å². The van der Waals surface area contributed by atoms with E-state index in [2.05, 4.69) is 86.0 Å². The molecule has 0 spiro atoms. The van der Waals surface area contributed by atoms with Crippen LogP contribution in [0.2, 0.25) is 13.1 Å². The van der Waals surface area contributed by atoms with Gasteiger partial charge in [0.1, 0.15) is 0 Å². The Bertz CT molecular complexity index is 1180. The largest absolute Gasteiger partial charge is 0.0801 e. The fraction of sp³-hybridized carbons (Fsp3) is 0.160. The van der Waals surface area contributed by atoms with Gasteiger partial charge in [0.15, 0.2) is 0 Å². The van der Waals surface area contributed by atoms with Crippen LogP contribution in [0.5, 0.6) is 0 Å². The Balaban J connectivity index is 1.95. The molecule has 1 heteroatoms. The second-order valence-corrected chi connectivity index (χ2v) is 10.1. The number of fused-ring (bicyclic) bond motifs is 3. The van der Waals surface area contributed by atoms with Gasteiger partial charge >= 0.3 is 0 Å². The van der Waals surface area contributed by atoms with Gasteiger partial charge in [0.05, 0.1) is 0 Å². The lowest BCUT2D eigenvalue weighted by Crippen LogP contribution is -2.15. The number of hydrogen-bond acceptors (Lipinski definition) is 0. The van der Waals surface area contributed by atoms with Crippen molar-refractivity contribution in [3.8, 4) is 11.1 Å². The van der Waals surface area contributed by atoms with Crippen LogP contribution in [-0.4, -0.2) is 8.41 Å². The molecule has 0 saturated carbocycles. The smallest absolute Gasteiger partial charge is 0.0136 e. The van der Waals surface area contributed by atoms with Crippen molar-refractivity contribution in [3.05, 3.63) is 93.5 Å². The van der Waals surface area contributed by atoms with E-state index in [-0.39, 0.29) is 0 Å². The van der Waals surface area contributed by atoms with E-state index < -0.39 is 8.41 Å². The predicted molar refractivity (Wildman–Crippen MR) is 115 cm³/mol. The van der Waals surface area contributed by atoms with E-state index in [4.69, 9.17) is 0 Å². The van der Waals surface area contributed by atoms with Crippen molar-refractivity contribution in [2.24, 2.45) is 0 Å². The van der Waals surface area contributed by atoms with Crippen LogP contribution in [-0.2, 0) is 0 Å². The minimum absolute atomic E-state index is 0.582. The highest BCUT2D eigenvalue weighted by molar-refractivity contribution is 6.47. The topological polar surface area (TPSA) is 0 Å². The van der Waals surface area contributed by atoms with Crippen LogP contribution in [0.25, 0.3) is 28.3 Å². The molecular formula is C25H22Si. The first-order valence-electron chi connectivity index (χ1n) is 9.42. The van der Waals surface area contributed by atoms with Crippen LogP contribution < -0.4 is 5.22 Å². The zero-order valence-electron chi connectivity index (χ0n) is 15.3. The van der Waals surface area contributed by atoms with Gasteiger partial charge in [0.25, 0.3) is 0 Å². The Kier molecular flexibility index (Phi) is 3.65. The Morgan fingerprint density at radius 2 is 1.50 bits per heavy atom. The van der Waals surface area contributed by atoms with Crippen LogP contribution in [0, 0.1) is 4.81 Å². The van der Waals surface area contributed by atoms with Crippen LogP contribution in [0.15, 0.2) is 66.8 Å². The van der Waals surface area contributed by atoms with Gasteiger partial charge in [-0.25, -0.2) is 0 Å². The summed E-state index contributed by atoms with van der Waals surface area (Å²) >= 11 is 0. The summed E-state index contributed by atoms with van der Waals surface area (Å²) in [4.78, 5) is 1.58. The number of benzene rings is 2. The van der Waals surface area contributed by atoms with E-state index in [0.29, 0.717) is 0 Å². The molecule has 0 N–H and O–H groups in total. The average Bonchev–Trinajstić information content (AvgIpc) is 3.39. The summed E-state index contributed by atoms with van der Waals surface area (Å²) in [6.07, 6.45) is 18.2. The van der Waals surface area contributed by atoms with Crippen molar-refractivity contribution in [3.63, 3.8) is 0 Å². The van der Waals surface area contributed by atoms with Crippen LogP contribution in [0.4, 0.5) is 0 Å². The van der Waals surface area contributed by atoms with Gasteiger partial charge in [-0.15, -0.1) is 0 Å². The third kappa shape index (κ3) is 2.31. The van der Waals surface area contributed by atoms with E-state index >= 15 is 0 Å². The third-order valence-corrected chi connectivity index (χ3v) is 7.11. The Morgan fingerprint density at radius 1 is 0.808 bits per heavy atom. The highest BCUT2D eigenvalue weighted by atomic mass is 28.2. The summed E-state index contributed by atoms with van der Waals surface area (Å²) in [7, 11) is -0.582. The maximum absolute atomic E-state index is 2.51. The molecule has 2 aromatic rings. The molecule has 0 fully saturated rings. The molecule has 0 saturated heterocycles. The zero-order chi connectivity index (χ0) is 17.7. The Labute approximate surface area is 156 Å². The first-order valence-corrected chi connectivity index (χ1v) is 11.9. The SMILES string of the molecule is C[Si](C)=c1cc2c(c(C3=CC=CC3)c1C1=CC=CC1)=Cc1ccccc1-2. The second-order valence-electron chi connectivity index (χ2n) is 7.52. The lowest BCUT2D eigenvalue weighted by Gasteiger charge is -2.17. The molecule has 0 atom stereocenters. The fourth-order valence-electron chi connectivity index (χ4n) is 4.42. The molecule has 0 nitrogen and oxygen atoms in total. The maximum Gasteiger partial charge on any atom is 0.0136 e. The van der Waals surface area contributed by atoms with Crippen molar-refractivity contribution in [2.75, 3.05) is 0 Å². The normalized spacial score (nSPS) is 16.2. The molecule has 0 unspecified atom stereocenters. The maximum atomic E-state index is 2.51. The molecule has 0 bridgehead atoms. The quantitative estimate of drug-likeness (QED) is 0.515. The van der Waals surface area contributed by atoms with Crippen molar-refractivity contribution in [1.82, 2.24) is 0 Å². The van der Waals surface area contributed by atoms with Gasteiger partial charge in [0.2, 0.25) is 0 Å². The summed E-state index contributed by atoms with van der Waals surface area (Å²) < 4.78 is 0. The first kappa shape index (κ1) is 15.7. The fourth-order valence-corrected chi connectivity index (χ4v) is 5.64. The minimum atomic E-state index is -0.582. The summed E-state index contributed by atoms with van der Waals surface area (Å²) in [5.74, 6) is 0. The van der Waals surface area contributed by atoms with Gasteiger partial charge in [-0.1, -0.05) is 79.9 Å². The number of hydrogen-bond donors (Lipinski definition) is 0. The molecule has 3 aliphatic rings. The van der Waals surface area contributed by atoms with Crippen molar-refractivity contribution < 1.29 is 0 Å². The second kappa shape index (κ2) is 6.03. The lowest BCUT2D eigenvalue weighted by molar-refractivity contribution is 1.34. The minimum Gasteiger partial charge on any atom is -0.0801 e. The van der Waals surface area contributed by atoms with Crippen molar-refractivity contribution in [2.45, 2.75) is 25.9 Å². The lowest BCUT2D eigenvalue weighted by atomic mass is 9.89. The third-order valence-electron chi connectivity index (χ3n) is 5.64. The zero-order valence-corrected chi connectivity index (χ0v) is 16.3. The highest BCUT2D eigenvalue weighted by Crippen LogP contribution is 2.37. The van der Waals surface area contributed by atoms with Gasteiger partial charge in [-0.3, -0.25) is 0 Å². The van der Waals surface area contributed by atoms with E-state index in [0.717, 1.165) is 12.8 Å². The molecule has 0 aliphatic heterocycles. The Hall–Kier alpha value is -2.51. The van der Waals surface area contributed by atoms with Gasteiger partial charge in [0, 0.05) is 8.41 Å². The molecule has 5 rings (SSSR count). The molecule has 126 valence electrons. The van der Waals surface area contributed by atoms with E-state index in [1.54, 1.807) is 4.81 Å². The molecule has 0 heterocycles. The predicted octanol–water partition coefficient (Wildman–Crippen LogP) is 5.77. The van der Waals surface area contributed by atoms with E-state index in [1.807, 2.05) is 0 Å². The molecular weight excluding hydrogens is 328 g/mol. The summed E-state index contributed by atoms with van der Waals surface area (Å²) in [6.45, 7) is 4.85. The highest BCUT2D eigenvalue weighted by Gasteiger charge is 2.22. The van der Waals surface area contributed by atoms with E-state index in [1.165, 1.54) is 44.2 Å². The summed E-state index contributed by atoms with van der Waals surface area (Å²) in [6, 6.07) is 11.4. The van der Waals surface area contributed by atoms with Gasteiger partial charge in [-0.2, -0.15) is 0 Å². The monoisotopic (exact) mass is 350 g/mol. The molecule has 0 amide bonds. The summed E-state index contributed by atoms with van der Waals surface area (Å²) in [5.41, 5.74) is 10.1. The van der Waals surface area contributed by atoms with Crippen LogP contribution in [0.3, 0.4) is 0 Å². The number of allylic oxidation sites excluding steroid dienone is 8. The molecule has 3 aliphatic carbocycles. The average molecular weight is 351 g/mol. The van der Waals surface area contributed by atoms with Crippen LogP contribution in [0.1, 0.15) is 29.5 Å². The number of rotatable bonds is 2. The first-order chi connectivity index (χ1) is 12.7. The molecule has 0 radical (unpaired) electrons. The summed E-state index contributed by atoms with van der Waals surface area (Å²) in [5, 5.41) is 1.43. The molecule has 0 aromatic heterocycles. The van der Waals surface area contributed by atoms with E-state index in [9.17, 15) is 0 Å². The Morgan fingerprint density at radius 3 is 2.15 bits per heavy atom.